The molecule has 8 nitrogen and oxygen atoms in total. The van der Waals surface area contributed by atoms with Gasteiger partial charge in [-0.3, -0.25) is 14.9 Å². The fourth-order valence-electron chi connectivity index (χ4n) is 2.10. The number of methoxy groups -OCH3 is 2. The lowest BCUT2D eigenvalue weighted by molar-refractivity contribution is -0.384. The number of nitrogens with one attached hydrogen (secondary N) is 1. The smallest absolute Gasteiger partial charge is 0.271 e. The molecule has 0 bridgehead atoms. The van der Waals surface area contributed by atoms with Crippen LogP contribution in [0.1, 0.15) is 6.92 Å². The number of carbonyl (C=O) groups is 1. The van der Waals surface area contributed by atoms with Crippen molar-refractivity contribution in [3.8, 4) is 17.2 Å². The van der Waals surface area contributed by atoms with Gasteiger partial charge in [0.25, 0.3) is 11.6 Å². The molecule has 0 saturated carbocycles. The highest BCUT2D eigenvalue weighted by Gasteiger charge is 2.20. The number of nitro benzene ring substituents is 1. The van der Waals surface area contributed by atoms with E-state index in [0.717, 1.165) is 0 Å². The molecule has 0 aliphatic heterocycles. The molecule has 1 unspecified atom stereocenters. The van der Waals surface area contributed by atoms with Gasteiger partial charge in [-0.1, -0.05) is 12.1 Å². The summed E-state index contributed by atoms with van der Waals surface area (Å²) >= 11 is 0. The van der Waals surface area contributed by atoms with Gasteiger partial charge in [0.2, 0.25) is 0 Å². The zero-order valence-electron chi connectivity index (χ0n) is 14.0. The standard InChI is InChI=1S/C17H18N2O6/c1-11(25-16-7-5-4-6-15(16)24-3)17(20)18-13-10-12(19(21)22)8-9-14(13)23-2/h4-11H,1-3H3,(H,18,20). The van der Waals surface area contributed by atoms with Crippen molar-refractivity contribution in [2.45, 2.75) is 13.0 Å². The summed E-state index contributed by atoms with van der Waals surface area (Å²) in [7, 11) is 2.91. The van der Waals surface area contributed by atoms with Gasteiger partial charge >= 0.3 is 0 Å². The van der Waals surface area contributed by atoms with Crippen LogP contribution in [0.4, 0.5) is 11.4 Å². The molecule has 2 aromatic rings. The lowest BCUT2D eigenvalue weighted by Crippen LogP contribution is -2.30. The molecule has 1 amide bonds. The molecule has 0 aromatic heterocycles. The highest BCUT2D eigenvalue weighted by atomic mass is 16.6. The second kappa shape index (κ2) is 8.00. The number of anilines is 1. The molecule has 1 N–H and O–H groups in total. The quantitative estimate of drug-likeness (QED) is 0.611. The highest BCUT2D eigenvalue weighted by molar-refractivity contribution is 5.95. The third kappa shape index (κ3) is 4.37. The largest absolute Gasteiger partial charge is 0.495 e. The van der Waals surface area contributed by atoms with Crippen molar-refractivity contribution in [1.29, 1.82) is 0 Å². The van der Waals surface area contributed by atoms with Gasteiger partial charge in [-0.25, -0.2) is 0 Å². The van der Waals surface area contributed by atoms with Crippen molar-refractivity contribution in [2.24, 2.45) is 0 Å². The molecule has 132 valence electrons. The van der Waals surface area contributed by atoms with Gasteiger partial charge in [-0.15, -0.1) is 0 Å². The molecule has 0 aliphatic rings. The summed E-state index contributed by atoms with van der Waals surface area (Å²) in [5.41, 5.74) is 0.0339. The second-order valence-electron chi connectivity index (χ2n) is 5.04. The van der Waals surface area contributed by atoms with Crippen molar-refractivity contribution < 1.29 is 23.9 Å². The first kappa shape index (κ1) is 18.1. The Hall–Kier alpha value is -3.29. The predicted molar refractivity (Wildman–Crippen MR) is 91.4 cm³/mol. The summed E-state index contributed by atoms with van der Waals surface area (Å²) in [5.74, 6) is 0.738. The number of rotatable bonds is 7. The average molecular weight is 346 g/mol. The van der Waals surface area contributed by atoms with Crippen molar-refractivity contribution in [1.82, 2.24) is 0 Å². The van der Waals surface area contributed by atoms with Crippen LogP contribution in [-0.2, 0) is 4.79 Å². The monoisotopic (exact) mass is 346 g/mol. The summed E-state index contributed by atoms with van der Waals surface area (Å²) in [6.45, 7) is 1.56. The first-order chi connectivity index (χ1) is 12.0. The zero-order valence-corrected chi connectivity index (χ0v) is 14.0. The van der Waals surface area contributed by atoms with E-state index in [1.807, 2.05) is 0 Å². The maximum atomic E-state index is 12.4. The van der Waals surface area contributed by atoms with Gasteiger partial charge in [0.1, 0.15) is 5.75 Å². The fraction of sp³-hybridized carbons (Fsp3) is 0.235. The van der Waals surface area contributed by atoms with Gasteiger partial charge in [0.15, 0.2) is 17.6 Å². The normalized spacial score (nSPS) is 11.3. The molecule has 0 radical (unpaired) electrons. The Bertz CT molecular complexity index is 777. The number of nitro groups is 1. The van der Waals surface area contributed by atoms with E-state index in [0.29, 0.717) is 17.2 Å². The van der Waals surface area contributed by atoms with E-state index in [9.17, 15) is 14.9 Å². The maximum Gasteiger partial charge on any atom is 0.271 e. The topological polar surface area (TPSA) is 99.9 Å². The summed E-state index contributed by atoms with van der Waals surface area (Å²) in [6.07, 6.45) is -0.861. The SMILES string of the molecule is COc1ccc([N+](=O)[O-])cc1NC(=O)C(C)Oc1ccccc1OC. The Kier molecular flexibility index (Phi) is 5.78. The lowest BCUT2D eigenvalue weighted by atomic mass is 10.2. The van der Waals surface area contributed by atoms with Crippen LogP contribution < -0.4 is 19.5 Å². The van der Waals surface area contributed by atoms with Crippen LogP contribution in [0.5, 0.6) is 17.2 Å². The van der Waals surface area contributed by atoms with Crippen LogP contribution in [0.25, 0.3) is 0 Å². The molecule has 2 rings (SSSR count). The van der Waals surface area contributed by atoms with E-state index in [4.69, 9.17) is 14.2 Å². The molecular weight excluding hydrogens is 328 g/mol. The van der Waals surface area contributed by atoms with Gasteiger partial charge < -0.3 is 19.5 Å². The third-order valence-electron chi connectivity index (χ3n) is 3.39. The van der Waals surface area contributed by atoms with Crippen LogP contribution in [0.15, 0.2) is 42.5 Å². The first-order valence-corrected chi connectivity index (χ1v) is 7.39. The summed E-state index contributed by atoms with van der Waals surface area (Å²) < 4.78 is 15.9. The zero-order chi connectivity index (χ0) is 18.4. The summed E-state index contributed by atoms with van der Waals surface area (Å²) in [6, 6.07) is 10.9. The number of amides is 1. The highest BCUT2D eigenvalue weighted by Crippen LogP contribution is 2.30. The number of ether oxygens (including phenoxy) is 3. The summed E-state index contributed by atoms with van der Waals surface area (Å²) in [5, 5.41) is 13.5. The Morgan fingerprint density at radius 3 is 2.32 bits per heavy atom. The van der Waals surface area contributed by atoms with E-state index in [2.05, 4.69) is 5.32 Å². The summed E-state index contributed by atoms with van der Waals surface area (Å²) in [4.78, 5) is 22.7. The first-order valence-electron chi connectivity index (χ1n) is 7.39. The number of nitrogens with zero attached hydrogens (tertiary/aromatic N) is 1. The van der Waals surface area contributed by atoms with Crippen LogP contribution in [0.3, 0.4) is 0 Å². The second-order valence-corrected chi connectivity index (χ2v) is 5.04. The Morgan fingerprint density at radius 1 is 1.08 bits per heavy atom. The molecule has 0 aliphatic carbocycles. The number of benzene rings is 2. The Balaban J connectivity index is 2.15. The predicted octanol–water partition coefficient (Wildman–Crippen LogP) is 3.02. The van der Waals surface area contributed by atoms with E-state index in [-0.39, 0.29) is 11.4 Å². The number of carbonyl (C=O) groups excluding carboxylic acids is 1. The molecule has 0 saturated heterocycles. The van der Waals surface area contributed by atoms with E-state index in [1.165, 1.54) is 32.4 Å². The number of hydrogen-bond donors (Lipinski definition) is 1. The molecule has 0 fully saturated rings. The van der Waals surface area contributed by atoms with Gasteiger partial charge in [0.05, 0.1) is 24.8 Å². The van der Waals surface area contributed by atoms with E-state index >= 15 is 0 Å². The van der Waals surface area contributed by atoms with Gasteiger partial charge in [-0.2, -0.15) is 0 Å². The molecule has 2 aromatic carbocycles. The number of non-ortho nitro benzene ring substituents is 1. The Labute approximate surface area is 144 Å². The van der Waals surface area contributed by atoms with Crippen molar-refractivity contribution in [2.75, 3.05) is 19.5 Å². The van der Waals surface area contributed by atoms with Crippen LogP contribution in [0.2, 0.25) is 0 Å². The van der Waals surface area contributed by atoms with Gasteiger partial charge in [-0.05, 0) is 25.1 Å². The van der Waals surface area contributed by atoms with Gasteiger partial charge in [0, 0.05) is 12.1 Å². The average Bonchev–Trinajstić information content (AvgIpc) is 2.61. The minimum Gasteiger partial charge on any atom is -0.495 e. The fourth-order valence-corrected chi connectivity index (χ4v) is 2.10. The van der Waals surface area contributed by atoms with E-state index in [1.54, 1.807) is 31.2 Å². The molecule has 1 atom stereocenters. The number of para-hydroxylation sites is 2. The minimum absolute atomic E-state index is 0.158. The van der Waals surface area contributed by atoms with Crippen molar-refractivity contribution >= 4 is 17.3 Å². The molecule has 0 heterocycles. The number of hydrogen-bond acceptors (Lipinski definition) is 6. The molecule has 8 heteroatoms. The van der Waals surface area contributed by atoms with Crippen LogP contribution in [0, 0.1) is 10.1 Å². The lowest BCUT2D eigenvalue weighted by Gasteiger charge is -2.17. The molecular formula is C17H18N2O6. The third-order valence-corrected chi connectivity index (χ3v) is 3.39. The molecule has 25 heavy (non-hydrogen) atoms. The van der Waals surface area contributed by atoms with Crippen LogP contribution in [-0.4, -0.2) is 31.2 Å². The van der Waals surface area contributed by atoms with E-state index < -0.39 is 16.9 Å². The molecule has 0 spiro atoms. The van der Waals surface area contributed by atoms with Crippen molar-refractivity contribution in [3.05, 3.63) is 52.6 Å². The maximum absolute atomic E-state index is 12.4. The van der Waals surface area contributed by atoms with Crippen molar-refractivity contribution in [3.63, 3.8) is 0 Å². The van der Waals surface area contributed by atoms with Crippen LogP contribution >= 0.6 is 0 Å². The Morgan fingerprint density at radius 2 is 1.72 bits per heavy atom. The minimum atomic E-state index is -0.861.